The number of thiophene rings is 1. The van der Waals surface area contributed by atoms with Gasteiger partial charge in [-0.25, -0.2) is 4.79 Å². The molecule has 118 valence electrons. The summed E-state index contributed by atoms with van der Waals surface area (Å²) in [7, 11) is 1.65. The number of esters is 1. The highest BCUT2D eigenvalue weighted by atomic mass is 32.2. The number of hydrogen-bond donors (Lipinski definition) is 0. The molecule has 0 aliphatic rings. The van der Waals surface area contributed by atoms with Gasteiger partial charge in [0, 0.05) is 5.56 Å². The van der Waals surface area contributed by atoms with Gasteiger partial charge in [0.15, 0.2) is 0 Å². The number of thioether (sulfide) groups is 1. The molecule has 0 atom stereocenters. The Bertz CT molecular complexity index is 645. The summed E-state index contributed by atoms with van der Waals surface area (Å²) in [5.74, 6) is 1.56. The minimum atomic E-state index is -0.234. The van der Waals surface area contributed by atoms with Crippen molar-refractivity contribution in [2.45, 2.75) is 25.0 Å². The van der Waals surface area contributed by atoms with Crippen LogP contribution >= 0.6 is 23.1 Å². The standard InChI is InChI=1S/C17H20O3S2/c1-5-20-16(18)15-11(3)14(17(22-15)21-6-2)12-7-9-13(19-4)10-8-12/h7-10H,5-6H2,1-4H3. The summed E-state index contributed by atoms with van der Waals surface area (Å²) in [6.45, 7) is 6.32. The van der Waals surface area contributed by atoms with Gasteiger partial charge >= 0.3 is 5.97 Å². The molecule has 0 bridgehead atoms. The topological polar surface area (TPSA) is 35.5 Å². The Balaban J connectivity index is 2.49. The quantitative estimate of drug-likeness (QED) is 0.548. The smallest absolute Gasteiger partial charge is 0.348 e. The van der Waals surface area contributed by atoms with Gasteiger partial charge in [0.2, 0.25) is 0 Å². The summed E-state index contributed by atoms with van der Waals surface area (Å²) in [5, 5.41) is 0. The van der Waals surface area contributed by atoms with Crippen LogP contribution in [-0.2, 0) is 4.74 Å². The minimum absolute atomic E-state index is 0.234. The van der Waals surface area contributed by atoms with Gasteiger partial charge in [-0.15, -0.1) is 23.1 Å². The summed E-state index contributed by atoms with van der Waals surface area (Å²) < 4.78 is 11.5. The lowest BCUT2D eigenvalue weighted by molar-refractivity contribution is 0.0531. The van der Waals surface area contributed by atoms with Gasteiger partial charge in [0.05, 0.1) is 17.9 Å². The molecule has 0 unspecified atom stereocenters. The van der Waals surface area contributed by atoms with Crippen LogP contribution in [0.5, 0.6) is 5.75 Å². The van der Waals surface area contributed by atoms with Crippen molar-refractivity contribution in [3.8, 4) is 16.9 Å². The second-order valence-corrected chi connectivity index (χ2v) is 7.15. The molecule has 0 amide bonds. The van der Waals surface area contributed by atoms with Gasteiger partial charge in [-0.05, 0) is 42.9 Å². The molecule has 22 heavy (non-hydrogen) atoms. The Labute approximate surface area is 139 Å². The van der Waals surface area contributed by atoms with Gasteiger partial charge in [-0.1, -0.05) is 19.1 Å². The molecule has 0 radical (unpaired) electrons. The van der Waals surface area contributed by atoms with Crippen LogP contribution in [0.15, 0.2) is 28.5 Å². The second-order valence-electron chi connectivity index (χ2n) is 4.60. The lowest BCUT2D eigenvalue weighted by atomic mass is 10.0. The number of methoxy groups -OCH3 is 1. The van der Waals surface area contributed by atoms with Crippen molar-refractivity contribution in [1.82, 2.24) is 0 Å². The number of ether oxygens (including phenoxy) is 2. The Kier molecular flexibility index (Phi) is 5.91. The highest BCUT2D eigenvalue weighted by Crippen LogP contribution is 2.42. The predicted octanol–water partition coefficient (Wildman–Crippen LogP) is 5.02. The van der Waals surface area contributed by atoms with Crippen molar-refractivity contribution in [1.29, 1.82) is 0 Å². The zero-order chi connectivity index (χ0) is 16.1. The third-order valence-electron chi connectivity index (χ3n) is 3.23. The van der Waals surface area contributed by atoms with E-state index in [-0.39, 0.29) is 5.97 Å². The van der Waals surface area contributed by atoms with E-state index >= 15 is 0 Å². The lowest BCUT2D eigenvalue weighted by Gasteiger charge is -2.06. The normalized spacial score (nSPS) is 10.5. The van der Waals surface area contributed by atoms with Gasteiger partial charge in [-0.3, -0.25) is 0 Å². The molecular formula is C17H20O3S2. The molecule has 2 rings (SSSR count). The van der Waals surface area contributed by atoms with Crippen LogP contribution in [0.2, 0.25) is 0 Å². The Morgan fingerprint density at radius 3 is 2.45 bits per heavy atom. The number of carbonyl (C=O) groups excluding carboxylic acids is 1. The van der Waals surface area contributed by atoms with Crippen molar-refractivity contribution in [2.75, 3.05) is 19.5 Å². The molecule has 2 aromatic rings. The van der Waals surface area contributed by atoms with Gasteiger partial charge < -0.3 is 9.47 Å². The van der Waals surface area contributed by atoms with Crippen LogP contribution in [0.25, 0.3) is 11.1 Å². The van der Waals surface area contributed by atoms with Crippen molar-refractivity contribution in [2.24, 2.45) is 0 Å². The lowest BCUT2D eigenvalue weighted by Crippen LogP contribution is -2.03. The van der Waals surface area contributed by atoms with Crippen LogP contribution in [0.4, 0.5) is 0 Å². The molecule has 1 heterocycles. The van der Waals surface area contributed by atoms with E-state index in [1.165, 1.54) is 11.3 Å². The van der Waals surface area contributed by atoms with Gasteiger partial charge in [-0.2, -0.15) is 0 Å². The third kappa shape index (κ3) is 3.47. The molecule has 0 aliphatic heterocycles. The SMILES string of the molecule is CCOC(=O)c1sc(SCC)c(-c2ccc(OC)cc2)c1C. The summed E-state index contributed by atoms with van der Waals surface area (Å²) in [6, 6.07) is 7.94. The molecule has 3 nitrogen and oxygen atoms in total. The van der Waals surface area contributed by atoms with E-state index < -0.39 is 0 Å². The minimum Gasteiger partial charge on any atom is -0.497 e. The molecule has 0 saturated carbocycles. The van der Waals surface area contributed by atoms with Crippen molar-refractivity contribution in [3.63, 3.8) is 0 Å². The number of carbonyl (C=O) groups is 1. The van der Waals surface area contributed by atoms with Crippen molar-refractivity contribution >= 4 is 29.1 Å². The molecule has 5 heteroatoms. The molecule has 1 aromatic heterocycles. The molecule has 0 spiro atoms. The van der Waals surface area contributed by atoms with Crippen LogP contribution < -0.4 is 4.74 Å². The maximum Gasteiger partial charge on any atom is 0.348 e. The van der Waals surface area contributed by atoms with E-state index in [0.29, 0.717) is 11.5 Å². The van der Waals surface area contributed by atoms with E-state index in [2.05, 4.69) is 6.92 Å². The number of hydrogen-bond acceptors (Lipinski definition) is 5. The van der Waals surface area contributed by atoms with Gasteiger partial charge in [0.25, 0.3) is 0 Å². The maximum absolute atomic E-state index is 12.1. The highest BCUT2D eigenvalue weighted by Gasteiger charge is 2.22. The van der Waals surface area contributed by atoms with E-state index in [1.54, 1.807) is 18.9 Å². The van der Waals surface area contributed by atoms with Crippen LogP contribution in [0.3, 0.4) is 0 Å². The van der Waals surface area contributed by atoms with E-state index in [9.17, 15) is 4.79 Å². The van der Waals surface area contributed by atoms with E-state index in [4.69, 9.17) is 9.47 Å². The molecule has 1 aromatic carbocycles. The fourth-order valence-corrected chi connectivity index (χ4v) is 4.68. The maximum atomic E-state index is 12.1. The molecule has 0 aliphatic carbocycles. The third-order valence-corrected chi connectivity index (χ3v) is 5.65. The average molecular weight is 336 g/mol. The summed E-state index contributed by atoms with van der Waals surface area (Å²) in [6.07, 6.45) is 0. The second kappa shape index (κ2) is 7.70. The Morgan fingerprint density at radius 1 is 1.23 bits per heavy atom. The average Bonchev–Trinajstić information content (AvgIpc) is 2.85. The first kappa shape index (κ1) is 16.9. The molecule has 0 saturated heterocycles. The Morgan fingerprint density at radius 2 is 1.91 bits per heavy atom. The van der Waals surface area contributed by atoms with E-state index in [1.807, 2.05) is 38.1 Å². The summed E-state index contributed by atoms with van der Waals surface area (Å²) in [5.41, 5.74) is 3.22. The van der Waals surface area contributed by atoms with Crippen LogP contribution in [0, 0.1) is 6.92 Å². The monoisotopic (exact) mass is 336 g/mol. The highest BCUT2D eigenvalue weighted by molar-refractivity contribution is 8.01. The first-order valence-electron chi connectivity index (χ1n) is 7.20. The van der Waals surface area contributed by atoms with Gasteiger partial charge in [0.1, 0.15) is 10.6 Å². The summed E-state index contributed by atoms with van der Waals surface area (Å²) in [4.78, 5) is 12.8. The fraction of sp³-hybridized carbons (Fsp3) is 0.353. The van der Waals surface area contributed by atoms with E-state index in [0.717, 1.165) is 32.4 Å². The fourth-order valence-electron chi connectivity index (χ4n) is 2.20. The first-order chi connectivity index (χ1) is 10.6. The van der Waals surface area contributed by atoms with Crippen LogP contribution in [0.1, 0.15) is 29.1 Å². The molecule has 0 N–H and O–H groups in total. The number of benzene rings is 1. The Hall–Kier alpha value is -1.46. The zero-order valence-corrected chi connectivity index (χ0v) is 14.9. The first-order valence-corrected chi connectivity index (χ1v) is 9.00. The largest absolute Gasteiger partial charge is 0.497 e. The van der Waals surface area contributed by atoms with Crippen molar-refractivity contribution in [3.05, 3.63) is 34.7 Å². The molecule has 0 fully saturated rings. The van der Waals surface area contributed by atoms with Crippen LogP contribution in [-0.4, -0.2) is 25.4 Å². The van der Waals surface area contributed by atoms with Crippen molar-refractivity contribution < 1.29 is 14.3 Å². The molecular weight excluding hydrogens is 316 g/mol. The number of rotatable bonds is 6. The zero-order valence-electron chi connectivity index (χ0n) is 13.3. The summed E-state index contributed by atoms with van der Waals surface area (Å²) >= 11 is 3.28. The predicted molar refractivity (Wildman–Crippen MR) is 93.4 cm³/mol.